The highest BCUT2D eigenvalue weighted by Gasteiger charge is 2.21. The van der Waals surface area contributed by atoms with Crippen molar-refractivity contribution in [2.24, 2.45) is 5.73 Å². The predicted octanol–water partition coefficient (Wildman–Crippen LogP) is 4.13. The Morgan fingerprint density at radius 3 is 2.89 bits per heavy atom. The van der Waals surface area contributed by atoms with Crippen molar-refractivity contribution < 1.29 is 4.79 Å². The normalized spacial score (nSPS) is 14.2. The molecule has 2 aromatic heterocycles. The van der Waals surface area contributed by atoms with Gasteiger partial charge in [-0.2, -0.15) is 5.10 Å². The molecule has 4 rings (SSSR count). The molecule has 0 atom stereocenters. The topological polar surface area (TPSA) is 73.8 Å². The van der Waals surface area contributed by atoms with E-state index in [0.29, 0.717) is 0 Å². The summed E-state index contributed by atoms with van der Waals surface area (Å²) < 4.78 is 1.78. The summed E-state index contributed by atoms with van der Waals surface area (Å²) in [7, 11) is 0. The molecule has 0 spiro atoms. The van der Waals surface area contributed by atoms with Crippen LogP contribution in [0.25, 0.3) is 16.6 Å². The third-order valence-electron chi connectivity index (χ3n) is 4.66. The Morgan fingerprint density at radius 1 is 1.32 bits per heavy atom. The lowest BCUT2D eigenvalue weighted by atomic mass is 9.94. The lowest BCUT2D eigenvalue weighted by molar-refractivity contribution is 0.0996. The summed E-state index contributed by atoms with van der Waals surface area (Å²) >= 11 is 1.62. The molecular formula is C22H20N4OS. The summed E-state index contributed by atoms with van der Waals surface area (Å²) in [4.78, 5) is 16.2. The maximum atomic E-state index is 11.8. The molecule has 140 valence electrons. The molecule has 28 heavy (non-hydrogen) atoms. The molecule has 1 amide bonds. The van der Waals surface area contributed by atoms with Gasteiger partial charge in [0.1, 0.15) is 5.01 Å². The second-order valence-electron chi connectivity index (χ2n) is 7.19. The maximum Gasteiger partial charge on any atom is 0.269 e. The Kier molecular flexibility index (Phi) is 4.62. The molecule has 2 N–H and O–H groups in total. The maximum absolute atomic E-state index is 11.8. The van der Waals surface area contributed by atoms with E-state index in [1.165, 1.54) is 0 Å². The minimum absolute atomic E-state index is 0.285. The number of primary amides is 1. The van der Waals surface area contributed by atoms with Crippen molar-refractivity contribution >= 4 is 33.8 Å². The summed E-state index contributed by atoms with van der Waals surface area (Å²) in [5.74, 6) is 6.17. The van der Waals surface area contributed by atoms with Crippen LogP contribution in [-0.2, 0) is 5.41 Å². The van der Waals surface area contributed by atoms with E-state index in [1.807, 2.05) is 41.9 Å². The molecule has 0 radical (unpaired) electrons. The van der Waals surface area contributed by atoms with Gasteiger partial charge in [0, 0.05) is 22.5 Å². The minimum Gasteiger partial charge on any atom is -0.364 e. The lowest BCUT2D eigenvalue weighted by Crippen LogP contribution is -2.14. The van der Waals surface area contributed by atoms with Gasteiger partial charge in [-0.1, -0.05) is 36.1 Å². The van der Waals surface area contributed by atoms with Crippen LogP contribution >= 0.6 is 11.3 Å². The van der Waals surface area contributed by atoms with Crippen LogP contribution in [0.15, 0.2) is 53.6 Å². The lowest BCUT2D eigenvalue weighted by Gasteiger charge is -2.15. The zero-order chi connectivity index (χ0) is 19.7. The third-order valence-corrected chi connectivity index (χ3v) is 5.75. The average Bonchev–Trinajstić information content (AvgIpc) is 3.35. The molecule has 2 heterocycles. The number of carbonyl (C=O) groups is 1. The van der Waals surface area contributed by atoms with Crippen LogP contribution < -0.4 is 5.73 Å². The minimum atomic E-state index is -0.527. The molecule has 0 aliphatic heterocycles. The first-order valence-electron chi connectivity index (χ1n) is 9.07. The quantitative estimate of drug-likeness (QED) is 0.686. The van der Waals surface area contributed by atoms with E-state index in [4.69, 9.17) is 5.73 Å². The number of benzene rings is 1. The molecule has 5 nitrogen and oxygen atoms in total. The fourth-order valence-electron chi connectivity index (χ4n) is 3.20. The average molecular weight is 388 g/mol. The molecule has 3 aromatic rings. The first kappa shape index (κ1) is 18.2. The summed E-state index contributed by atoms with van der Waals surface area (Å²) in [6, 6.07) is 7.61. The first-order valence-corrected chi connectivity index (χ1v) is 9.95. The second kappa shape index (κ2) is 7.10. The number of carbonyl (C=O) groups excluding carboxylic acids is 1. The molecule has 1 aliphatic rings. The molecule has 0 saturated heterocycles. The van der Waals surface area contributed by atoms with Gasteiger partial charge >= 0.3 is 0 Å². The van der Waals surface area contributed by atoms with E-state index in [2.05, 4.69) is 41.8 Å². The number of aromatic nitrogens is 3. The molecule has 0 fully saturated rings. The number of para-hydroxylation sites is 1. The van der Waals surface area contributed by atoms with Crippen LogP contribution in [0.3, 0.4) is 0 Å². The van der Waals surface area contributed by atoms with E-state index in [0.717, 1.165) is 40.0 Å². The van der Waals surface area contributed by atoms with Crippen molar-refractivity contribution in [1.82, 2.24) is 14.8 Å². The van der Waals surface area contributed by atoms with Crippen LogP contribution in [0.2, 0.25) is 0 Å². The van der Waals surface area contributed by atoms with Crippen molar-refractivity contribution in [3.8, 4) is 11.8 Å². The van der Waals surface area contributed by atoms with Crippen LogP contribution in [0, 0.1) is 11.8 Å². The zero-order valence-corrected chi connectivity index (χ0v) is 16.6. The fraction of sp³-hybridized carbons (Fsp3) is 0.227. The number of rotatable bonds is 3. The van der Waals surface area contributed by atoms with Gasteiger partial charge in [0.25, 0.3) is 5.91 Å². The van der Waals surface area contributed by atoms with Crippen molar-refractivity contribution in [2.45, 2.75) is 32.1 Å². The first-order chi connectivity index (χ1) is 13.5. The van der Waals surface area contributed by atoms with Gasteiger partial charge in [-0.05, 0) is 38.8 Å². The van der Waals surface area contributed by atoms with Crippen molar-refractivity contribution in [3.05, 3.63) is 64.3 Å². The number of nitrogens with two attached hydrogens (primary N) is 1. The van der Waals surface area contributed by atoms with E-state index < -0.39 is 5.91 Å². The summed E-state index contributed by atoms with van der Waals surface area (Å²) in [5.41, 5.74) is 8.31. The van der Waals surface area contributed by atoms with Crippen LogP contribution in [0.5, 0.6) is 0 Å². The van der Waals surface area contributed by atoms with Gasteiger partial charge in [-0.3, -0.25) is 4.79 Å². The Balaban J connectivity index is 1.71. The summed E-state index contributed by atoms with van der Waals surface area (Å²) in [6.45, 7) is 4.16. The van der Waals surface area contributed by atoms with Gasteiger partial charge in [0.2, 0.25) is 0 Å². The van der Waals surface area contributed by atoms with Gasteiger partial charge in [-0.15, -0.1) is 11.3 Å². The molecule has 6 heteroatoms. The van der Waals surface area contributed by atoms with Gasteiger partial charge in [-0.25, -0.2) is 9.67 Å². The Hall–Kier alpha value is -3.17. The molecule has 1 aliphatic carbocycles. The number of fused-ring (bicyclic) bond motifs is 1. The summed E-state index contributed by atoms with van der Waals surface area (Å²) in [6.07, 6.45) is 7.71. The highest BCUT2D eigenvalue weighted by Crippen LogP contribution is 2.27. The molecule has 0 bridgehead atoms. The highest BCUT2D eigenvalue weighted by atomic mass is 32.1. The SMILES string of the molecule is CC(C)(C#CC1=CC(n2nc(C(N)=O)c3ccccc32)=CCC1)c1nccs1. The number of hydrogen-bond acceptors (Lipinski definition) is 4. The van der Waals surface area contributed by atoms with Crippen LogP contribution in [-0.4, -0.2) is 20.7 Å². The van der Waals surface area contributed by atoms with E-state index >= 15 is 0 Å². The molecule has 0 unspecified atom stereocenters. The monoisotopic (exact) mass is 388 g/mol. The smallest absolute Gasteiger partial charge is 0.269 e. The van der Waals surface area contributed by atoms with Crippen molar-refractivity contribution in [1.29, 1.82) is 0 Å². The number of nitrogens with zero attached hydrogens (tertiary/aromatic N) is 3. The predicted molar refractivity (Wildman–Crippen MR) is 113 cm³/mol. The van der Waals surface area contributed by atoms with E-state index in [1.54, 1.807) is 16.0 Å². The van der Waals surface area contributed by atoms with Crippen LogP contribution in [0.4, 0.5) is 0 Å². The van der Waals surface area contributed by atoms with E-state index in [9.17, 15) is 4.79 Å². The summed E-state index contributed by atoms with van der Waals surface area (Å²) in [5, 5.41) is 8.21. The fourth-order valence-corrected chi connectivity index (χ4v) is 3.92. The zero-order valence-electron chi connectivity index (χ0n) is 15.8. The van der Waals surface area contributed by atoms with Gasteiger partial charge in [0.15, 0.2) is 5.69 Å². The number of thiazole rings is 1. The Morgan fingerprint density at radius 2 is 2.14 bits per heavy atom. The second-order valence-corrected chi connectivity index (χ2v) is 8.09. The Labute approximate surface area is 167 Å². The number of amides is 1. The van der Waals surface area contributed by atoms with Crippen LogP contribution in [0.1, 0.15) is 42.2 Å². The highest BCUT2D eigenvalue weighted by molar-refractivity contribution is 7.09. The number of hydrogen-bond donors (Lipinski definition) is 1. The molecular weight excluding hydrogens is 368 g/mol. The van der Waals surface area contributed by atoms with E-state index in [-0.39, 0.29) is 11.1 Å². The largest absolute Gasteiger partial charge is 0.364 e. The van der Waals surface area contributed by atoms with Gasteiger partial charge in [0.05, 0.1) is 16.6 Å². The molecule has 0 saturated carbocycles. The standard InChI is InChI=1S/C22H20N4OS/c1-22(2,21-24-12-13-28-21)11-10-15-6-5-7-16(14-15)26-18-9-4-3-8-17(18)19(25-26)20(23)27/h3-4,7-9,12-14H,5-6H2,1-2H3,(H2,23,27). The number of allylic oxidation sites excluding steroid dienone is 4. The van der Waals surface area contributed by atoms with Crippen molar-refractivity contribution in [3.63, 3.8) is 0 Å². The van der Waals surface area contributed by atoms with Gasteiger partial charge < -0.3 is 5.73 Å². The third kappa shape index (κ3) is 3.37. The van der Waals surface area contributed by atoms with Crippen molar-refractivity contribution in [2.75, 3.05) is 0 Å². The molecule has 1 aromatic carbocycles. The Bertz CT molecular complexity index is 1170.